The number of carbonyl (C=O) groups is 2. The Morgan fingerprint density at radius 3 is 2.92 bits per heavy atom. The van der Waals surface area contributed by atoms with Crippen molar-refractivity contribution in [2.45, 2.75) is 39.2 Å². The molecule has 2 aromatic heterocycles. The van der Waals surface area contributed by atoms with Gasteiger partial charge < -0.3 is 15.2 Å². The molecule has 1 unspecified atom stereocenters. The summed E-state index contributed by atoms with van der Waals surface area (Å²) in [6.07, 6.45) is 3.73. The second kappa shape index (κ2) is 7.13. The van der Waals surface area contributed by atoms with E-state index in [2.05, 4.69) is 15.4 Å². The van der Waals surface area contributed by atoms with Crippen LogP contribution in [0.2, 0.25) is 0 Å². The van der Waals surface area contributed by atoms with Crippen LogP contribution >= 0.6 is 0 Å². The SMILES string of the molecule is CC(=O)N1CCCC(c2[nH]ccc2C(=O)NCc2cc(C)nn2C)C1. The quantitative estimate of drug-likeness (QED) is 0.886. The predicted octanol–water partition coefficient (Wildman–Crippen LogP) is 1.71. The number of amides is 2. The summed E-state index contributed by atoms with van der Waals surface area (Å²) in [4.78, 5) is 29.4. The zero-order valence-electron chi connectivity index (χ0n) is 15.0. The van der Waals surface area contributed by atoms with E-state index in [1.165, 1.54) is 0 Å². The van der Waals surface area contributed by atoms with Crippen LogP contribution < -0.4 is 5.32 Å². The van der Waals surface area contributed by atoms with Gasteiger partial charge in [0, 0.05) is 44.9 Å². The molecule has 1 fully saturated rings. The van der Waals surface area contributed by atoms with Gasteiger partial charge >= 0.3 is 0 Å². The molecule has 25 heavy (non-hydrogen) atoms. The lowest BCUT2D eigenvalue weighted by molar-refractivity contribution is -0.130. The topological polar surface area (TPSA) is 83.0 Å². The number of nitrogens with one attached hydrogen (secondary N) is 2. The van der Waals surface area contributed by atoms with Gasteiger partial charge in [0.2, 0.25) is 5.91 Å². The zero-order chi connectivity index (χ0) is 18.0. The number of likely N-dealkylation sites (tertiary alicyclic amines) is 1. The lowest BCUT2D eigenvalue weighted by atomic mass is 9.92. The summed E-state index contributed by atoms with van der Waals surface area (Å²) in [6.45, 7) is 5.43. The lowest BCUT2D eigenvalue weighted by Crippen LogP contribution is -2.38. The Kier molecular flexibility index (Phi) is 4.92. The third-order valence-electron chi connectivity index (χ3n) is 4.83. The molecule has 3 rings (SSSR count). The maximum Gasteiger partial charge on any atom is 0.253 e. The number of piperidine rings is 1. The van der Waals surface area contributed by atoms with Crippen molar-refractivity contribution in [2.75, 3.05) is 13.1 Å². The molecule has 0 bridgehead atoms. The van der Waals surface area contributed by atoms with Crippen molar-refractivity contribution in [3.63, 3.8) is 0 Å². The molecule has 0 aliphatic carbocycles. The van der Waals surface area contributed by atoms with Crippen molar-refractivity contribution < 1.29 is 9.59 Å². The molecule has 1 aliphatic heterocycles. The van der Waals surface area contributed by atoms with E-state index >= 15 is 0 Å². The van der Waals surface area contributed by atoms with E-state index in [1.807, 2.05) is 31.0 Å². The van der Waals surface area contributed by atoms with Crippen LogP contribution in [-0.4, -0.2) is 44.6 Å². The maximum atomic E-state index is 12.6. The Labute approximate surface area is 147 Å². The van der Waals surface area contributed by atoms with E-state index < -0.39 is 0 Å². The molecule has 7 nitrogen and oxygen atoms in total. The maximum absolute atomic E-state index is 12.6. The highest BCUT2D eigenvalue weighted by molar-refractivity contribution is 5.95. The van der Waals surface area contributed by atoms with Gasteiger partial charge in [-0.1, -0.05) is 0 Å². The van der Waals surface area contributed by atoms with Crippen molar-refractivity contribution in [3.8, 4) is 0 Å². The number of rotatable bonds is 4. The number of hydrogen-bond acceptors (Lipinski definition) is 3. The number of hydrogen-bond donors (Lipinski definition) is 2. The molecule has 0 aromatic carbocycles. The molecule has 1 saturated heterocycles. The second-order valence-corrected chi connectivity index (χ2v) is 6.69. The van der Waals surface area contributed by atoms with E-state index in [4.69, 9.17) is 0 Å². The predicted molar refractivity (Wildman–Crippen MR) is 94.1 cm³/mol. The number of aromatic nitrogens is 3. The van der Waals surface area contributed by atoms with Crippen LogP contribution in [0.25, 0.3) is 0 Å². The van der Waals surface area contributed by atoms with Gasteiger partial charge in [-0.25, -0.2) is 0 Å². The molecule has 2 N–H and O–H groups in total. The second-order valence-electron chi connectivity index (χ2n) is 6.69. The van der Waals surface area contributed by atoms with Gasteiger partial charge in [-0.15, -0.1) is 0 Å². The van der Waals surface area contributed by atoms with Crippen LogP contribution in [0, 0.1) is 6.92 Å². The molecular weight excluding hydrogens is 318 g/mol. The monoisotopic (exact) mass is 343 g/mol. The smallest absolute Gasteiger partial charge is 0.253 e. The summed E-state index contributed by atoms with van der Waals surface area (Å²) < 4.78 is 1.78. The van der Waals surface area contributed by atoms with Crippen LogP contribution in [0.3, 0.4) is 0 Å². The van der Waals surface area contributed by atoms with Crippen molar-refractivity contribution in [3.05, 3.63) is 41.0 Å². The molecule has 1 aliphatic rings. The van der Waals surface area contributed by atoms with E-state index in [0.717, 1.165) is 36.5 Å². The van der Waals surface area contributed by atoms with Crippen LogP contribution in [0.1, 0.15) is 53.1 Å². The Morgan fingerprint density at radius 1 is 1.44 bits per heavy atom. The molecule has 2 amide bonds. The number of aromatic amines is 1. The highest BCUT2D eigenvalue weighted by Crippen LogP contribution is 2.28. The van der Waals surface area contributed by atoms with Crippen molar-refractivity contribution in [1.82, 2.24) is 25.0 Å². The van der Waals surface area contributed by atoms with Gasteiger partial charge in [0.1, 0.15) is 0 Å². The summed E-state index contributed by atoms with van der Waals surface area (Å²) in [6, 6.07) is 3.77. The molecular formula is C18H25N5O2. The summed E-state index contributed by atoms with van der Waals surface area (Å²) >= 11 is 0. The molecule has 134 valence electrons. The van der Waals surface area contributed by atoms with Crippen LogP contribution in [0.4, 0.5) is 0 Å². The number of carbonyl (C=O) groups excluding carboxylic acids is 2. The van der Waals surface area contributed by atoms with Gasteiger partial charge in [-0.05, 0) is 31.9 Å². The van der Waals surface area contributed by atoms with Crippen molar-refractivity contribution >= 4 is 11.8 Å². The molecule has 0 spiro atoms. The van der Waals surface area contributed by atoms with E-state index in [0.29, 0.717) is 18.7 Å². The van der Waals surface area contributed by atoms with Crippen LogP contribution in [-0.2, 0) is 18.4 Å². The lowest BCUT2D eigenvalue weighted by Gasteiger charge is -2.32. The zero-order valence-corrected chi connectivity index (χ0v) is 15.0. The number of H-pyrrole nitrogens is 1. The largest absolute Gasteiger partial charge is 0.364 e. The fraction of sp³-hybridized carbons (Fsp3) is 0.500. The standard InChI is InChI=1S/C18H25N5O2/c1-12-9-15(22(3)21-12)10-20-18(25)16-6-7-19-17(16)14-5-4-8-23(11-14)13(2)24/h6-7,9,14,19H,4-5,8,10-11H2,1-3H3,(H,20,25). The Morgan fingerprint density at radius 2 is 2.24 bits per heavy atom. The average molecular weight is 343 g/mol. The first-order valence-electron chi connectivity index (χ1n) is 8.66. The normalized spacial score (nSPS) is 17.6. The van der Waals surface area contributed by atoms with Gasteiger partial charge in [-0.3, -0.25) is 14.3 Å². The molecule has 0 saturated carbocycles. The highest BCUT2D eigenvalue weighted by atomic mass is 16.2. The van der Waals surface area contributed by atoms with Gasteiger partial charge in [0.05, 0.1) is 23.5 Å². The summed E-state index contributed by atoms with van der Waals surface area (Å²) in [5.74, 6) is 0.163. The first-order valence-corrected chi connectivity index (χ1v) is 8.66. The third kappa shape index (κ3) is 3.75. The molecule has 1 atom stereocenters. The molecule has 2 aromatic rings. The summed E-state index contributed by atoms with van der Waals surface area (Å²) in [5, 5.41) is 7.26. The van der Waals surface area contributed by atoms with Crippen molar-refractivity contribution in [1.29, 1.82) is 0 Å². The van der Waals surface area contributed by atoms with E-state index in [9.17, 15) is 9.59 Å². The average Bonchev–Trinajstić information content (AvgIpc) is 3.19. The van der Waals surface area contributed by atoms with Gasteiger partial charge in [-0.2, -0.15) is 5.10 Å². The minimum Gasteiger partial charge on any atom is -0.364 e. The number of aryl methyl sites for hydroxylation is 2. The first-order chi connectivity index (χ1) is 12.0. The van der Waals surface area contributed by atoms with Crippen molar-refractivity contribution in [2.24, 2.45) is 7.05 Å². The number of nitrogens with zero attached hydrogens (tertiary/aromatic N) is 3. The van der Waals surface area contributed by atoms with Gasteiger partial charge in [0.15, 0.2) is 0 Å². The van der Waals surface area contributed by atoms with Crippen LogP contribution in [0.5, 0.6) is 0 Å². The minimum absolute atomic E-state index is 0.0915. The fourth-order valence-electron chi connectivity index (χ4n) is 3.51. The summed E-state index contributed by atoms with van der Waals surface area (Å²) in [5.41, 5.74) is 3.47. The fourth-order valence-corrected chi connectivity index (χ4v) is 3.51. The Balaban J connectivity index is 1.69. The minimum atomic E-state index is -0.102. The Hall–Kier alpha value is -2.57. The molecule has 7 heteroatoms. The van der Waals surface area contributed by atoms with E-state index in [1.54, 1.807) is 17.8 Å². The van der Waals surface area contributed by atoms with E-state index in [-0.39, 0.29) is 17.7 Å². The van der Waals surface area contributed by atoms with Crippen LogP contribution in [0.15, 0.2) is 18.3 Å². The molecule has 0 radical (unpaired) electrons. The first kappa shape index (κ1) is 17.3. The van der Waals surface area contributed by atoms with Gasteiger partial charge in [0.25, 0.3) is 5.91 Å². The summed E-state index contributed by atoms with van der Waals surface area (Å²) in [7, 11) is 1.87. The highest BCUT2D eigenvalue weighted by Gasteiger charge is 2.27. The third-order valence-corrected chi connectivity index (χ3v) is 4.83. The Bertz CT molecular complexity index is 776. The molecule has 3 heterocycles.